The predicted molar refractivity (Wildman–Crippen MR) is 257 cm³/mol. The number of aryl methyl sites for hydroxylation is 2. The van der Waals surface area contributed by atoms with E-state index in [0.717, 1.165) is 45.7 Å². The molecule has 0 fully saturated rings. The second-order valence-corrected chi connectivity index (χ2v) is 17.2. The predicted octanol–water partition coefficient (Wildman–Crippen LogP) is 11.8. The van der Waals surface area contributed by atoms with Gasteiger partial charge in [0.2, 0.25) is 35.7 Å². The van der Waals surface area contributed by atoms with Crippen LogP contribution in [0, 0.1) is 13.8 Å². The van der Waals surface area contributed by atoms with Crippen molar-refractivity contribution in [2.24, 2.45) is 0 Å². The number of nitrogens with one attached hydrogen (secondary N) is 6. The van der Waals surface area contributed by atoms with Crippen LogP contribution in [0.15, 0.2) is 143 Å². The van der Waals surface area contributed by atoms with Crippen molar-refractivity contribution in [3.63, 3.8) is 0 Å². The molecule has 0 aliphatic heterocycles. The zero-order valence-electron chi connectivity index (χ0n) is 34.5. The summed E-state index contributed by atoms with van der Waals surface area (Å²) >= 11 is 14.6. The number of nitrogens with zero attached hydrogens (tertiary/aromatic N) is 6. The molecular formula is C44H36Cl2N12O6S2. The minimum Gasteiger partial charge on any atom is -0.324 e. The Balaban J connectivity index is 1.01. The highest BCUT2D eigenvalue weighted by Gasteiger charge is 2.15. The first-order valence-electron chi connectivity index (χ1n) is 19.5. The third-order valence-electron chi connectivity index (χ3n) is 9.33. The molecule has 8 N–H and O–H groups in total. The maximum Gasteiger partial charge on any atom is 0.294 e. The molecule has 0 saturated heterocycles. The fourth-order valence-electron chi connectivity index (χ4n) is 6.07. The first-order valence-corrected chi connectivity index (χ1v) is 22.5. The Hall–Kier alpha value is -7.14. The molecule has 0 unspecified atom stereocenters. The molecule has 8 rings (SSSR count). The summed E-state index contributed by atoms with van der Waals surface area (Å²) in [6, 6.07) is 38.8. The number of hydrogen-bond acceptors (Lipinski definition) is 18. The Morgan fingerprint density at radius 1 is 0.485 bits per heavy atom. The van der Waals surface area contributed by atoms with Gasteiger partial charge < -0.3 is 31.9 Å². The zero-order chi connectivity index (χ0) is 46.2. The summed E-state index contributed by atoms with van der Waals surface area (Å²) in [5.41, 5.74) is 7.38. The second-order valence-electron chi connectivity index (χ2n) is 14.2. The number of rotatable bonds is 17. The van der Waals surface area contributed by atoms with E-state index in [1.807, 2.05) is 74.5 Å². The second kappa shape index (κ2) is 20.4. The van der Waals surface area contributed by atoms with E-state index < -0.39 is 10.1 Å². The quantitative estimate of drug-likeness (QED) is 0.0183. The third kappa shape index (κ3) is 12.1. The maximum atomic E-state index is 11.6. The van der Waals surface area contributed by atoms with Gasteiger partial charge in [0, 0.05) is 27.6 Å². The number of halogens is 2. The fraction of sp³-hybridized carbons (Fsp3) is 0.0455. The Bertz CT molecular complexity index is 3110. The fourth-order valence-corrected chi connectivity index (χ4v) is 7.36. The summed E-state index contributed by atoms with van der Waals surface area (Å²) in [4.78, 5) is 27.8. The maximum absolute atomic E-state index is 11.6. The molecule has 0 saturated carbocycles. The lowest BCUT2D eigenvalue weighted by atomic mass is 10.0. The van der Waals surface area contributed by atoms with Gasteiger partial charge in [-0.05, 0) is 122 Å². The van der Waals surface area contributed by atoms with Crippen LogP contribution in [-0.2, 0) is 19.5 Å². The Morgan fingerprint density at radius 3 is 1.15 bits per heavy atom. The lowest BCUT2D eigenvalue weighted by Crippen LogP contribution is -2.08. The smallest absolute Gasteiger partial charge is 0.294 e. The lowest BCUT2D eigenvalue weighted by molar-refractivity contribution is -0.432. The van der Waals surface area contributed by atoms with Gasteiger partial charge in [0.05, 0.1) is 38.4 Å². The minimum absolute atomic E-state index is 0.133. The monoisotopic (exact) mass is 962 g/mol. The molecule has 334 valence electrons. The molecular weight excluding hydrogens is 928 g/mol. The average Bonchev–Trinajstić information content (AvgIpc) is 3.29. The summed E-state index contributed by atoms with van der Waals surface area (Å²) in [5, 5.41) is 31.9. The lowest BCUT2D eigenvalue weighted by Gasteiger charge is -2.14. The van der Waals surface area contributed by atoms with Gasteiger partial charge in [-0.3, -0.25) is 4.55 Å². The molecule has 66 heavy (non-hydrogen) atoms. The summed E-state index contributed by atoms with van der Waals surface area (Å²) in [6.07, 6.45) is 0. The molecule has 8 aromatic rings. The highest BCUT2D eigenvalue weighted by Crippen LogP contribution is 2.35. The summed E-state index contributed by atoms with van der Waals surface area (Å²) in [5.74, 6) is 1.21. The number of hydrogen-bond donors (Lipinski definition) is 8. The van der Waals surface area contributed by atoms with Crippen LogP contribution in [0.1, 0.15) is 11.1 Å². The van der Waals surface area contributed by atoms with Gasteiger partial charge in [0.1, 0.15) is 0 Å². The van der Waals surface area contributed by atoms with E-state index >= 15 is 0 Å². The Kier molecular flexibility index (Phi) is 14.0. The molecule has 0 aliphatic carbocycles. The molecule has 22 heteroatoms. The van der Waals surface area contributed by atoms with Crippen LogP contribution in [0.5, 0.6) is 0 Å². The summed E-state index contributed by atoms with van der Waals surface area (Å²) < 4.78 is 37.0. The van der Waals surface area contributed by atoms with Crippen LogP contribution in [0.3, 0.4) is 0 Å². The van der Waals surface area contributed by atoms with Gasteiger partial charge >= 0.3 is 0 Å². The molecule has 6 aromatic carbocycles. The van der Waals surface area contributed by atoms with Crippen molar-refractivity contribution in [1.29, 1.82) is 0 Å². The van der Waals surface area contributed by atoms with E-state index in [9.17, 15) is 13.0 Å². The molecule has 2 aromatic heterocycles. The van der Waals surface area contributed by atoms with Crippen molar-refractivity contribution in [3.8, 4) is 11.1 Å². The summed E-state index contributed by atoms with van der Waals surface area (Å²) in [6.45, 7) is 3.98. The SMILES string of the molecule is Cc1ccc(Nc2nc(Nc3ccc(SOOO)cc3)nc(Nc3ccc(-c4ccc(Nc5nc(Nc6ccc(C)cc6)nc(Nc6ccc(S(=O)(=O)O)cc6)n5)c(Cl)c4)cc3Cl)n2)cc1. The van der Waals surface area contributed by atoms with Crippen LogP contribution in [0.25, 0.3) is 11.1 Å². The molecule has 2 heterocycles. The topological polar surface area (TPSA) is 243 Å². The van der Waals surface area contributed by atoms with Crippen LogP contribution in [-0.4, -0.2) is 48.1 Å². The van der Waals surface area contributed by atoms with Crippen molar-refractivity contribution >= 4 is 115 Å². The molecule has 0 aliphatic rings. The highest BCUT2D eigenvalue weighted by molar-refractivity contribution is 7.94. The summed E-state index contributed by atoms with van der Waals surface area (Å²) in [7, 11) is -4.37. The molecule has 0 bridgehead atoms. The third-order valence-corrected chi connectivity index (χ3v) is 11.4. The first kappa shape index (κ1) is 45.4. The standard InChI is InChI=1S/C44H36Cl2N12O6S2/c1-25-3-9-29(10-4-25)47-39-53-41(49-31-13-17-33(18-14-31)65-64-63-59)57-43(55-39)51-37-21-7-27(23-35(37)45)28-8-22-38(36(46)24-28)52-44-56-40(48-30-11-5-26(2)6-12-30)54-42(58-44)50-32-15-19-34(20-16-32)66(60,61)62/h3-24,59H,1-2H3,(H,60,61,62)(H3,47,49,51,53,55,57)(H3,48,50,52,54,56,58). The van der Waals surface area contributed by atoms with Crippen molar-refractivity contribution < 1.29 is 27.6 Å². The Labute approximate surface area is 392 Å². The largest absolute Gasteiger partial charge is 0.324 e. The van der Waals surface area contributed by atoms with E-state index in [1.54, 1.807) is 48.5 Å². The average molecular weight is 964 g/mol. The van der Waals surface area contributed by atoms with Gasteiger partial charge in [-0.2, -0.15) is 38.3 Å². The first-order chi connectivity index (χ1) is 31.8. The molecule has 0 spiro atoms. The van der Waals surface area contributed by atoms with Gasteiger partial charge in [-0.1, -0.05) is 75.8 Å². The molecule has 0 radical (unpaired) electrons. The number of benzene rings is 6. The number of aromatic nitrogens is 6. The Morgan fingerprint density at radius 2 is 0.818 bits per heavy atom. The van der Waals surface area contributed by atoms with Crippen LogP contribution in [0.4, 0.5) is 69.8 Å². The van der Waals surface area contributed by atoms with Crippen molar-refractivity contribution in [2.45, 2.75) is 23.6 Å². The van der Waals surface area contributed by atoms with Gasteiger partial charge in [-0.15, -0.1) is 4.33 Å². The van der Waals surface area contributed by atoms with Crippen molar-refractivity contribution in [1.82, 2.24) is 29.9 Å². The normalized spacial score (nSPS) is 11.2. The molecule has 0 atom stereocenters. The van der Waals surface area contributed by atoms with Crippen LogP contribution < -0.4 is 31.9 Å². The van der Waals surface area contributed by atoms with Crippen molar-refractivity contribution in [2.75, 3.05) is 31.9 Å². The molecule has 0 amide bonds. The minimum atomic E-state index is -4.37. The van der Waals surface area contributed by atoms with E-state index in [-0.39, 0.29) is 40.6 Å². The zero-order valence-corrected chi connectivity index (χ0v) is 37.6. The highest BCUT2D eigenvalue weighted by atomic mass is 35.5. The van der Waals surface area contributed by atoms with Crippen LogP contribution in [0.2, 0.25) is 10.0 Å². The van der Waals surface area contributed by atoms with Gasteiger partial charge in [0.15, 0.2) is 0 Å². The van der Waals surface area contributed by atoms with E-state index in [4.69, 9.17) is 28.5 Å². The van der Waals surface area contributed by atoms with Gasteiger partial charge in [-0.25, -0.2) is 5.26 Å². The molecule has 18 nitrogen and oxygen atoms in total. The van der Waals surface area contributed by atoms with Gasteiger partial charge in [0.25, 0.3) is 10.1 Å². The van der Waals surface area contributed by atoms with E-state index in [0.29, 0.717) is 37.7 Å². The van der Waals surface area contributed by atoms with E-state index in [2.05, 4.69) is 71.2 Å². The van der Waals surface area contributed by atoms with Crippen LogP contribution >= 0.6 is 35.2 Å². The van der Waals surface area contributed by atoms with E-state index in [1.165, 1.54) is 24.3 Å². The number of anilines is 12. The van der Waals surface area contributed by atoms with Crippen molar-refractivity contribution in [3.05, 3.63) is 155 Å².